The van der Waals surface area contributed by atoms with E-state index in [1.807, 2.05) is 24.3 Å². The highest BCUT2D eigenvalue weighted by Gasteiger charge is 2.07. The van der Waals surface area contributed by atoms with Crippen molar-refractivity contribution >= 4 is 5.91 Å². The van der Waals surface area contributed by atoms with Crippen LogP contribution in [0.4, 0.5) is 4.39 Å². The summed E-state index contributed by atoms with van der Waals surface area (Å²) < 4.78 is 12.8. The predicted molar refractivity (Wildman–Crippen MR) is 75.2 cm³/mol. The predicted octanol–water partition coefficient (Wildman–Crippen LogP) is 1.80. The Hall–Kier alpha value is -2.27. The zero-order valence-electron chi connectivity index (χ0n) is 11.2. The van der Waals surface area contributed by atoms with Crippen LogP contribution in [0.1, 0.15) is 5.56 Å². The van der Waals surface area contributed by atoms with Gasteiger partial charge < -0.3 is 10.6 Å². The number of aromatic nitrogens is 1. The Bertz CT molecular complexity index is 598. The number of rotatable bonds is 4. The van der Waals surface area contributed by atoms with Crippen molar-refractivity contribution in [1.82, 2.24) is 9.88 Å². The first kappa shape index (κ1) is 14.1. The first-order valence-electron chi connectivity index (χ1n) is 6.25. The molecule has 0 atom stereocenters. The van der Waals surface area contributed by atoms with Crippen molar-refractivity contribution < 1.29 is 9.18 Å². The molecule has 0 fully saturated rings. The van der Waals surface area contributed by atoms with E-state index in [1.165, 1.54) is 12.3 Å². The minimum Gasteiger partial charge on any atom is -0.340 e. The summed E-state index contributed by atoms with van der Waals surface area (Å²) in [4.78, 5) is 16.7. The van der Waals surface area contributed by atoms with E-state index in [0.717, 1.165) is 16.7 Å². The zero-order chi connectivity index (χ0) is 14.5. The third kappa shape index (κ3) is 3.39. The van der Waals surface area contributed by atoms with Crippen molar-refractivity contribution in [1.29, 1.82) is 0 Å². The fourth-order valence-corrected chi connectivity index (χ4v) is 1.91. The van der Waals surface area contributed by atoms with Gasteiger partial charge in [0.25, 0.3) is 0 Å². The summed E-state index contributed by atoms with van der Waals surface area (Å²) in [5, 5.41) is 0. The van der Waals surface area contributed by atoms with Crippen LogP contribution >= 0.6 is 0 Å². The summed E-state index contributed by atoms with van der Waals surface area (Å²) in [5.74, 6) is -0.614. The molecule has 0 aliphatic rings. The lowest BCUT2D eigenvalue weighted by Crippen LogP contribution is -2.32. The van der Waals surface area contributed by atoms with Crippen molar-refractivity contribution in [2.45, 2.75) is 6.54 Å². The van der Waals surface area contributed by atoms with Gasteiger partial charge in [0.1, 0.15) is 0 Å². The Morgan fingerprint density at radius 1 is 1.30 bits per heavy atom. The molecule has 0 spiro atoms. The number of amides is 1. The third-order valence-corrected chi connectivity index (χ3v) is 3.01. The van der Waals surface area contributed by atoms with Gasteiger partial charge in [0.2, 0.25) is 11.9 Å². The minimum atomic E-state index is -0.502. The highest BCUT2D eigenvalue weighted by molar-refractivity contribution is 5.77. The fraction of sp³-hybridized carbons (Fsp3) is 0.200. The number of halogens is 1. The number of likely N-dealkylation sites (N-methyl/N-ethyl adjacent to an activating group) is 1. The molecular formula is C15H16FN3O. The van der Waals surface area contributed by atoms with Gasteiger partial charge in [0, 0.05) is 25.4 Å². The van der Waals surface area contributed by atoms with Crippen LogP contribution in [-0.2, 0) is 11.3 Å². The van der Waals surface area contributed by atoms with E-state index in [1.54, 1.807) is 18.0 Å². The van der Waals surface area contributed by atoms with Gasteiger partial charge in [0.05, 0.1) is 6.54 Å². The molecule has 4 nitrogen and oxygen atoms in total. The maximum atomic E-state index is 12.8. The largest absolute Gasteiger partial charge is 0.340 e. The number of hydrogen-bond acceptors (Lipinski definition) is 3. The Labute approximate surface area is 117 Å². The van der Waals surface area contributed by atoms with E-state index in [4.69, 9.17) is 5.73 Å². The topological polar surface area (TPSA) is 59.2 Å². The molecule has 2 N–H and O–H groups in total. The number of nitrogens with two attached hydrogens (primary N) is 1. The van der Waals surface area contributed by atoms with Gasteiger partial charge in [-0.1, -0.05) is 18.2 Å². The van der Waals surface area contributed by atoms with Gasteiger partial charge in [-0.05, 0) is 29.3 Å². The van der Waals surface area contributed by atoms with E-state index in [-0.39, 0.29) is 12.5 Å². The van der Waals surface area contributed by atoms with Gasteiger partial charge in [-0.15, -0.1) is 0 Å². The number of benzene rings is 1. The van der Waals surface area contributed by atoms with E-state index in [0.29, 0.717) is 6.54 Å². The Kier molecular flexibility index (Phi) is 4.42. The second-order valence-corrected chi connectivity index (χ2v) is 4.52. The first-order chi connectivity index (χ1) is 9.60. The summed E-state index contributed by atoms with van der Waals surface area (Å²) in [6, 6.07) is 10.7. The molecule has 2 rings (SSSR count). The smallest absolute Gasteiger partial charge is 0.236 e. The number of nitrogens with zero attached hydrogens (tertiary/aromatic N) is 2. The summed E-state index contributed by atoms with van der Waals surface area (Å²) in [7, 11) is 1.71. The summed E-state index contributed by atoms with van der Waals surface area (Å²) in [5.41, 5.74) is 8.08. The molecule has 0 radical (unpaired) electrons. The van der Waals surface area contributed by atoms with Gasteiger partial charge in [-0.3, -0.25) is 4.79 Å². The lowest BCUT2D eigenvalue weighted by Gasteiger charge is -2.16. The lowest BCUT2D eigenvalue weighted by atomic mass is 10.0. The van der Waals surface area contributed by atoms with Crippen LogP contribution < -0.4 is 5.73 Å². The fourth-order valence-electron chi connectivity index (χ4n) is 1.91. The number of carbonyl (C=O) groups is 1. The molecule has 0 bridgehead atoms. The first-order valence-corrected chi connectivity index (χ1v) is 6.25. The highest BCUT2D eigenvalue weighted by atomic mass is 19.1. The molecule has 1 amide bonds. The quantitative estimate of drug-likeness (QED) is 0.864. The average Bonchev–Trinajstić information content (AvgIpc) is 2.47. The maximum absolute atomic E-state index is 12.8. The summed E-state index contributed by atoms with van der Waals surface area (Å²) in [6.07, 6.45) is 1.49. The van der Waals surface area contributed by atoms with Crippen LogP contribution in [0.5, 0.6) is 0 Å². The van der Waals surface area contributed by atoms with Crippen molar-refractivity contribution in [3.05, 3.63) is 54.1 Å². The number of hydrogen-bond donors (Lipinski definition) is 1. The van der Waals surface area contributed by atoms with Crippen LogP contribution in [0.2, 0.25) is 0 Å². The Morgan fingerprint density at radius 2 is 2.10 bits per heavy atom. The normalized spacial score (nSPS) is 10.3. The molecule has 0 saturated heterocycles. The molecule has 1 aromatic carbocycles. The van der Waals surface area contributed by atoms with Crippen molar-refractivity contribution in [2.75, 3.05) is 13.6 Å². The van der Waals surface area contributed by atoms with Crippen LogP contribution in [0.15, 0.2) is 42.6 Å². The van der Waals surface area contributed by atoms with Crippen molar-refractivity contribution in [3.8, 4) is 11.1 Å². The van der Waals surface area contributed by atoms with Crippen LogP contribution in [-0.4, -0.2) is 29.4 Å². The molecule has 0 saturated carbocycles. The van der Waals surface area contributed by atoms with E-state index < -0.39 is 5.95 Å². The monoisotopic (exact) mass is 273 g/mol. The second-order valence-electron chi connectivity index (χ2n) is 4.52. The van der Waals surface area contributed by atoms with Gasteiger partial charge in [-0.25, -0.2) is 4.98 Å². The molecule has 0 unspecified atom stereocenters. The van der Waals surface area contributed by atoms with Crippen LogP contribution in [0.3, 0.4) is 0 Å². The van der Waals surface area contributed by atoms with Crippen molar-refractivity contribution in [2.24, 2.45) is 5.73 Å². The molecular weight excluding hydrogens is 257 g/mol. The molecule has 5 heteroatoms. The van der Waals surface area contributed by atoms with Crippen LogP contribution in [0.25, 0.3) is 11.1 Å². The molecule has 1 aromatic heterocycles. The van der Waals surface area contributed by atoms with Crippen molar-refractivity contribution in [3.63, 3.8) is 0 Å². The van der Waals surface area contributed by atoms with Crippen LogP contribution in [0, 0.1) is 5.95 Å². The summed E-state index contributed by atoms with van der Waals surface area (Å²) in [6.45, 7) is 0.483. The molecule has 1 heterocycles. The zero-order valence-corrected chi connectivity index (χ0v) is 11.2. The SMILES string of the molecule is CN(Cc1cccc(-c2ccc(F)nc2)c1)C(=O)CN. The molecule has 0 aliphatic carbocycles. The minimum absolute atomic E-state index is 0.00191. The molecule has 0 aliphatic heterocycles. The Balaban J connectivity index is 2.20. The van der Waals surface area contributed by atoms with Gasteiger partial charge >= 0.3 is 0 Å². The van der Waals surface area contributed by atoms with E-state index in [2.05, 4.69) is 4.98 Å². The second kappa shape index (κ2) is 6.25. The average molecular weight is 273 g/mol. The molecule has 2 aromatic rings. The number of pyridine rings is 1. The maximum Gasteiger partial charge on any atom is 0.236 e. The third-order valence-electron chi connectivity index (χ3n) is 3.01. The lowest BCUT2D eigenvalue weighted by molar-refractivity contribution is -0.128. The van der Waals surface area contributed by atoms with Gasteiger partial charge in [-0.2, -0.15) is 4.39 Å². The van der Waals surface area contributed by atoms with E-state index in [9.17, 15) is 9.18 Å². The molecule has 20 heavy (non-hydrogen) atoms. The van der Waals surface area contributed by atoms with E-state index >= 15 is 0 Å². The van der Waals surface area contributed by atoms with Gasteiger partial charge in [0.15, 0.2) is 0 Å². The summed E-state index contributed by atoms with van der Waals surface area (Å²) >= 11 is 0. The number of carbonyl (C=O) groups excluding carboxylic acids is 1. The standard InChI is InChI=1S/C15H16FN3O/c1-19(15(20)8-17)10-11-3-2-4-12(7-11)13-5-6-14(16)18-9-13/h2-7,9H,8,10,17H2,1H3. The molecule has 104 valence electrons. The Morgan fingerprint density at radius 3 is 2.75 bits per heavy atom. The highest BCUT2D eigenvalue weighted by Crippen LogP contribution is 2.20.